The Morgan fingerprint density at radius 3 is 2.96 bits per heavy atom. The Morgan fingerprint density at radius 2 is 2.15 bits per heavy atom. The number of oxazole rings is 1. The number of thiophene rings is 1. The lowest BCUT2D eigenvalue weighted by molar-refractivity contribution is -0.115. The number of rotatable bonds is 4. The van der Waals surface area contributed by atoms with Gasteiger partial charge in [-0.3, -0.25) is 4.79 Å². The van der Waals surface area contributed by atoms with E-state index in [1.807, 2.05) is 31.2 Å². The first-order valence-electron chi connectivity index (χ1n) is 9.03. The van der Waals surface area contributed by atoms with Crippen LogP contribution in [0.2, 0.25) is 0 Å². The molecule has 7 heteroatoms. The van der Waals surface area contributed by atoms with Gasteiger partial charge in [0.1, 0.15) is 16.6 Å². The van der Waals surface area contributed by atoms with Gasteiger partial charge in [0, 0.05) is 4.88 Å². The Morgan fingerprint density at radius 1 is 1.33 bits per heavy atom. The molecule has 2 heterocycles. The molecule has 0 spiro atoms. The van der Waals surface area contributed by atoms with Crippen molar-refractivity contribution in [1.82, 2.24) is 4.98 Å². The third-order valence-corrected chi connectivity index (χ3v) is 6.84. The van der Waals surface area contributed by atoms with Crippen molar-refractivity contribution in [1.29, 1.82) is 5.26 Å². The molecule has 138 valence electrons. The van der Waals surface area contributed by atoms with Gasteiger partial charge in [-0.1, -0.05) is 30.3 Å². The lowest BCUT2D eigenvalue weighted by Gasteiger charge is -2.09. The zero-order chi connectivity index (χ0) is 18.8. The number of para-hydroxylation sites is 2. The van der Waals surface area contributed by atoms with Crippen molar-refractivity contribution in [2.45, 2.75) is 49.5 Å². The molecule has 0 fully saturated rings. The predicted molar refractivity (Wildman–Crippen MR) is 108 cm³/mol. The molecule has 1 atom stereocenters. The molecule has 1 N–H and O–H groups in total. The number of nitrogens with one attached hydrogen (secondary N) is 1. The number of aromatic nitrogens is 1. The summed E-state index contributed by atoms with van der Waals surface area (Å²) in [6.45, 7) is 1.82. The van der Waals surface area contributed by atoms with E-state index in [2.05, 4.69) is 16.4 Å². The topological polar surface area (TPSA) is 78.9 Å². The summed E-state index contributed by atoms with van der Waals surface area (Å²) < 4.78 is 5.69. The molecule has 1 amide bonds. The molecular weight excluding hydrogens is 378 g/mol. The standard InChI is InChI=1S/C20H19N3O2S2/c1-12(26-20-22-15-8-5-6-9-16(15)25-20)18(24)23-19-14(11-21)13-7-3-2-4-10-17(13)27-19/h5-6,8-9,12H,2-4,7,10H2,1H3,(H,23,24)/t12-/m0/s1. The highest BCUT2D eigenvalue weighted by Crippen LogP contribution is 2.37. The normalized spacial score (nSPS) is 15.0. The second kappa shape index (κ2) is 7.75. The zero-order valence-electron chi connectivity index (χ0n) is 14.9. The Kier molecular flexibility index (Phi) is 5.19. The Bertz CT molecular complexity index is 999. The maximum Gasteiger partial charge on any atom is 0.257 e. The maximum absolute atomic E-state index is 12.7. The Balaban J connectivity index is 1.49. The molecule has 1 aliphatic rings. The van der Waals surface area contributed by atoms with Crippen molar-refractivity contribution in [3.05, 3.63) is 40.3 Å². The number of thioether (sulfide) groups is 1. The lowest BCUT2D eigenvalue weighted by Crippen LogP contribution is -2.22. The number of anilines is 1. The summed E-state index contributed by atoms with van der Waals surface area (Å²) in [5.41, 5.74) is 3.27. The van der Waals surface area contributed by atoms with E-state index in [-0.39, 0.29) is 11.2 Å². The third-order valence-electron chi connectivity index (χ3n) is 4.69. The smallest absolute Gasteiger partial charge is 0.257 e. The molecule has 1 aromatic carbocycles. The molecule has 2 aromatic heterocycles. The first-order valence-corrected chi connectivity index (χ1v) is 10.7. The Labute approximate surface area is 165 Å². The number of nitrogens with zero attached hydrogens (tertiary/aromatic N) is 2. The van der Waals surface area contributed by atoms with Crippen LogP contribution < -0.4 is 5.32 Å². The first-order chi connectivity index (χ1) is 13.2. The van der Waals surface area contributed by atoms with Gasteiger partial charge in [0.25, 0.3) is 5.22 Å². The second-order valence-electron chi connectivity index (χ2n) is 6.58. The van der Waals surface area contributed by atoms with Crippen molar-refractivity contribution in [3.63, 3.8) is 0 Å². The van der Waals surface area contributed by atoms with Crippen LogP contribution in [-0.4, -0.2) is 16.1 Å². The van der Waals surface area contributed by atoms with Gasteiger partial charge in [0.15, 0.2) is 5.58 Å². The minimum absolute atomic E-state index is 0.143. The minimum Gasteiger partial charge on any atom is -0.431 e. The number of hydrogen-bond donors (Lipinski definition) is 1. The summed E-state index contributed by atoms with van der Waals surface area (Å²) in [5.74, 6) is -0.143. The SMILES string of the molecule is C[C@H](Sc1nc2ccccc2o1)C(=O)Nc1sc2c(c1C#N)CCCCC2. The van der Waals surface area contributed by atoms with Crippen LogP contribution in [0, 0.1) is 11.3 Å². The van der Waals surface area contributed by atoms with E-state index in [1.54, 1.807) is 11.3 Å². The fourth-order valence-corrected chi connectivity index (χ4v) is 5.27. The van der Waals surface area contributed by atoms with Crippen LogP contribution in [0.3, 0.4) is 0 Å². The van der Waals surface area contributed by atoms with Gasteiger partial charge in [-0.15, -0.1) is 11.3 Å². The van der Waals surface area contributed by atoms with Gasteiger partial charge in [0.2, 0.25) is 5.91 Å². The van der Waals surface area contributed by atoms with E-state index < -0.39 is 0 Å². The maximum atomic E-state index is 12.7. The average Bonchev–Trinajstić information content (AvgIpc) is 3.13. The molecule has 1 aliphatic carbocycles. The molecular formula is C20H19N3O2S2. The monoisotopic (exact) mass is 397 g/mol. The quantitative estimate of drug-likeness (QED) is 0.486. The van der Waals surface area contributed by atoms with Crippen LogP contribution in [0.25, 0.3) is 11.1 Å². The van der Waals surface area contributed by atoms with E-state index in [1.165, 1.54) is 23.1 Å². The van der Waals surface area contributed by atoms with Crippen molar-refractivity contribution in [2.24, 2.45) is 0 Å². The summed E-state index contributed by atoms with van der Waals surface area (Å²) in [5, 5.41) is 13.3. The van der Waals surface area contributed by atoms with Gasteiger partial charge in [-0.2, -0.15) is 5.26 Å². The van der Waals surface area contributed by atoms with Crippen LogP contribution in [0.5, 0.6) is 0 Å². The van der Waals surface area contributed by atoms with E-state index in [0.29, 0.717) is 21.4 Å². The number of hydrogen-bond acceptors (Lipinski definition) is 6. The molecule has 5 nitrogen and oxygen atoms in total. The zero-order valence-corrected chi connectivity index (χ0v) is 16.6. The summed E-state index contributed by atoms with van der Waals surface area (Å²) in [4.78, 5) is 18.3. The molecule has 0 aliphatic heterocycles. The van der Waals surface area contributed by atoms with Crippen molar-refractivity contribution >= 4 is 45.1 Å². The summed E-state index contributed by atoms with van der Waals surface area (Å²) in [7, 11) is 0. The number of benzene rings is 1. The lowest BCUT2D eigenvalue weighted by atomic mass is 10.1. The number of fused-ring (bicyclic) bond motifs is 2. The first kappa shape index (κ1) is 18.1. The highest BCUT2D eigenvalue weighted by molar-refractivity contribution is 8.00. The molecule has 3 aromatic rings. The average molecular weight is 398 g/mol. The second-order valence-corrected chi connectivity index (χ2v) is 8.97. The van der Waals surface area contributed by atoms with Crippen molar-refractivity contribution in [3.8, 4) is 6.07 Å². The minimum atomic E-state index is -0.383. The van der Waals surface area contributed by atoms with Crippen molar-refractivity contribution in [2.75, 3.05) is 5.32 Å². The van der Waals surface area contributed by atoms with Crippen LogP contribution in [-0.2, 0) is 17.6 Å². The van der Waals surface area contributed by atoms with E-state index in [0.717, 1.165) is 36.8 Å². The summed E-state index contributed by atoms with van der Waals surface area (Å²) in [6, 6.07) is 9.83. The molecule has 27 heavy (non-hydrogen) atoms. The number of aryl methyl sites for hydroxylation is 1. The van der Waals surface area contributed by atoms with Gasteiger partial charge in [0.05, 0.1) is 10.8 Å². The highest BCUT2D eigenvalue weighted by atomic mass is 32.2. The van der Waals surface area contributed by atoms with Gasteiger partial charge in [-0.05, 0) is 50.3 Å². The fraction of sp³-hybridized carbons (Fsp3) is 0.350. The van der Waals surface area contributed by atoms with E-state index >= 15 is 0 Å². The number of carbonyl (C=O) groups excluding carboxylic acids is 1. The summed E-state index contributed by atoms with van der Waals surface area (Å²) >= 11 is 2.83. The Hall–Kier alpha value is -2.30. The van der Waals surface area contributed by atoms with Gasteiger partial charge in [-0.25, -0.2) is 4.98 Å². The third kappa shape index (κ3) is 3.73. The molecule has 0 saturated carbocycles. The molecule has 0 saturated heterocycles. The van der Waals surface area contributed by atoms with Crippen LogP contribution in [0.1, 0.15) is 42.2 Å². The number of nitriles is 1. The predicted octanol–water partition coefficient (Wildman–Crippen LogP) is 5.15. The fourth-order valence-electron chi connectivity index (χ4n) is 3.27. The number of carbonyl (C=O) groups is 1. The van der Waals surface area contributed by atoms with Crippen LogP contribution in [0.4, 0.5) is 5.00 Å². The van der Waals surface area contributed by atoms with Crippen LogP contribution >= 0.6 is 23.1 Å². The van der Waals surface area contributed by atoms with E-state index in [4.69, 9.17) is 4.42 Å². The van der Waals surface area contributed by atoms with Gasteiger partial charge >= 0.3 is 0 Å². The largest absolute Gasteiger partial charge is 0.431 e. The molecule has 4 rings (SSSR count). The van der Waals surface area contributed by atoms with Gasteiger partial charge < -0.3 is 9.73 Å². The number of amides is 1. The van der Waals surface area contributed by atoms with Crippen LogP contribution in [0.15, 0.2) is 33.9 Å². The van der Waals surface area contributed by atoms with E-state index in [9.17, 15) is 10.1 Å². The highest BCUT2D eigenvalue weighted by Gasteiger charge is 2.24. The van der Waals surface area contributed by atoms with Crippen molar-refractivity contribution < 1.29 is 9.21 Å². The molecule has 0 unspecified atom stereocenters. The summed E-state index contributed by atoms with van der Waals surface area (Å²) in [6.07, 6.45) is 5.38. The molecule has 0 bridgehead atoms. The molecule has 0 radical (unpaired) electrons.